The first kappa shape index (κ1) is 15.9. The van der Waals surface area contributed by atoms with Crippen LogP contribution >= 0.6 is 0 Å². The van der Waals surface area contributed by atoms with Crippen LogP contribution in [0.2, 0.25) is 0 Å². The van der Waals surface area contributed by atoms with Crippen molar-refractivity contribution in [2.24, 2.45) is 11.8 Å². The number of fused-ring (bicyclic) bond motifs is 2. The second-order valence-electron chi connectivity index (χ2n) is 6.61. The van der Waals surface area contributed by atoms with Gasteiger partial charge in [-0.1, -0.05) is 19.4 Å². The Bertz CT molecular complexity index is 617. The molecule has 1 aromatic rings. The highest BCUT2D eigenvalue weighted by Gasteiger charge is 2.40. The molecule has 3 rings (SSSR count). The molecule has 3 atom stereocenters. The van der Waals surface area contributed by atoms with Crippen LogP contribution in [0.3, 0.4) is 0 Å². The molecule has 6 heteroatoms. The number of hydrogen-bond donors (Lipinski definition) is 1. The molecule has 1 aromatic carbocycles. The van der Waals surface area contributed by atoms with Crippen molar-refractivity contribution in [3.05, 3.63) is 39.4 Å². The number of aryl methyl sites for hydroxylation is 1. The Balaban J connectivity index is 1.83. The lowest BCUT2D eigenvalue weighted by Crippen LogP contribution is -2.53. The lowest BCUT2D eigenvalue weighted by Gasteiger charge is -2.45. The lowest BCUT2D eigenvalue weighted by molar-refractivity contribution is -0.385. The predicted octanol–water partition coefficient (Wildman–Crippen LogP) is 2.39. The van der Waals surface area contributed by atoms with E-state index in [0.29, 0.717) is 30.6 Å². The summed E-state index contributed by atoms with van der Waals surface area (Å²) in [6.07, 6.45) is 3.23. The predicted molar refractivity (Wildman–Crippen MR) is 85.2 cm³/mol. The van der Waals surface area contributed by atoms with Gasteiger partial charge in [0.05, 0.1) is 11.0 Å². The Morgan fingerprint density at radius 1 is 1.35 bits per heavy atom. The molecule has 1 aliphatic carbocycles. The Morgan fingerprint density at radius 3 is 2.57 bits per heavy atom. The van der Waals surface area contributed by atoms with Crippen molar-refractivity contribution in [1.29, 1.82) is 0 Å². The fourth-order valence-electron chi connectivity index (χ4n) is 3.92. The summed E-state index contributed by atoms with van der Waals surface area (Å²) < 4.78 is 0. The van der Waals surface area contributed by atoms with Gasteiger partial charge in [-0.2, -0.15) is 0 Å². The van der Waals surface area contributed by atoms with E-state index in [1.165, 1.54) is 6.07 Å². The van der Waals surface area contributed by atoms with E-state index in [0.717, 1.165) is 19.3 Å². The smallest absolute Gasteiger partial charge is 0.273 e. The van der Waals surface area contributed by atoms with Crippen molar-refractivity contribution in [2.75, 3.05) is 13.1 Å². The molecule has 2 aliphatic rings. The number of carbonyl (C=O) groups excluding carboxylic acids is 1. The van der Waals surface area contributed by atoms with E-state index < -0.39 is 4.92 Å². The number of likely N-dealkylation sites (tertiary alicyclic amines) is 1. The van der Waals surface area contributed by atoms with Gasteiger partial charge < -0.3 is 10.0 Å². The topological polar surface area (TPSA) is 83.7 Å². The van der Waals surface area contributed by atoms with Gasteiger partial charge in [0.1, 0.15) is 0 Å². The normalized spacial score (nSPS) is 26.9. The zero-order chi connectivity index (χ0) is 16.6. The number of hydrogen-bond acceptors (Lipinski definition) is 4. The molecule has 23 heavy (non-hydrogen) atoms. The second kappa shape index (κ2) is 6.28. The van der Waals surface area contributed by atoms with E-state index in [-0.39, 0.29) is 29.5 Å². The molecule has 0 spiro atoms. The third-order valence-electron chi connectivity index (χ3n) is 5.22. The quantitative estimate of drug-likeness (QED) is 0.685. The highest BCUT2D eigenvalue weighted by atomic mass is 16.6. The van der Waals surface area contributed by atoms with Crippen LogP contribution in [0.5, 0.6) is 0 Å². The molecule has 1 saturated heterocycles. The van der Waals surface area contributed by atoms with E-state index in [9.17, 15) is 20.0 Å². The molecule has 1 aliphatic heterocycles. The molecule has 1 amide bonds. The number of rotatable bonds is 3. The molecule has 0 radical (unpaired) electrons. The molecule has 124 valence electrons. The summed E-state index contributed by atoms with van der Waals surface area (Å²) in [5, 5.41) is 21.4. The first-order valence-corrected chi connectivity index (χ1v) is 8.26. The van der Waals surface area contributed by atoms with Gasteiger partial charge >= 0.3 is 0 Å². The molecular weight excluding hydrogens is 296 g/mol. The van der Waals surface area contributed by atoms with Crippen molar-refractivity contribution in [3.8, 4) is 0 Å². The molecular formula is C17H22N2O4. The van der Waals surface area contributed by atoms with Crippen LogP contribution in [-0.4, -0.2) is 40.0 Å². The third-order valence-corrected chi connectivity index (χ3v) is 5.22. The summed E-state index contributed by atoms with van der Waals surface area (Å²) in [6.45, 7) is 2.94. The second-order valence-corrected chi connectivity index (χ2v) is 6.61. The molecule has 2 fully saturated rings. The summed E-state index contributed by atoms with van der Waals surface area (Å²) in [6, 6.07) is 4.74. The summed E-state index contributed by atoms with van der Waals surface area (Å²) in [4.78, 5) is 25.2. The van der Waals surface area contributed by atoms with Crippen LogP contribution < -0.4 is 0 Å². The van der Waals surface area contributed by atoms with Crippen molar-refractivity contribution in [3.63, 3.8) is 0 Å². The van der Waals surface area contributed by atoms with Gasteiger partial charge in [-0.05, 0) is 25.3 Å². The maximum Gasteiger partial charge on any atom is 0.273 e. The first-order valence-electron chi connectivity index (χ1n) is 8.26. The van der Waals surface area contributed by atoms with Crippen LogP contribution in [0.25, 0.3) is 0 Å². The highest BCUT2D eigenvalue weighted by molar-refractivity contribution is 5.95. The molecule has 2 bridgehead atoms. The summed E-state index contributed by atoms with van der Waals surface area (Å²) in [5.74, 6) is 0.104. The minimum Gasteiger partial charge on any atom is -0.392 e. The maximum absolute atomic E-state index is 12.7. The Kier molecular flexibility index (Phi) is 4.35. The van der Waals surface area contributed by atoms with Crippen LogP contribution in [0, 0.1) is 22.0 Å². The minimum atomic E-state index is -0.426. The van der Waals surface area contributed by atoms with Crippen LogP contribution in [0.15, 0.2) is 18.2 Å². The largest absolute Gasteiger partial charge is 0.392 e. The number of nitro groups is 1. The van der Waals surface area contributed by atoms with E-state index in [1.54, 1.807) is 17.0 Å². The Labute approximate surface area is 135 Å². The van der Waals surface area contributed by atoms with Gasteiger partial charge in [0.15, 0.2) is 0 Å². The van der Waals surface area contributed by atoms with E-state index in [1.807, 2.05) is 6.92 Å². The van der Waals surface area contributed by atoms with Gasteiger partial charge in [-0.15, -0.1) is 0 Å². The molecule has 0 aromatic heterocycles. The van der Waals surface area contributed by atoms with Crippen molar-refractivity contribution in [1.82, 2.24) is 4.90 Å². The fraction of sp³-hybridized carbons (Fsp3) is 0.588. The maximum atomic E-state index is 12.7. The van der Waals surface area contributed by atoms with Gasteiger partial charge in [0.25, 0.3) is 11.6 Å². The number of piperidine rings is 1. The Morgan fingerprint density at radius 2 is 2.00 bits per heavy atom. The van der Waals surface area contributed by atoms with Crippen LogP contribution in [0.1, 0.15) is 42.1 Å². The van der Waals surface area contributed by atoms with Crippen molar-refractivity contribution >= 4 is 11.6 Å². The number of carbonyl (C=O) groups is 1. The van der Waals surface area contributed by atoms with E-state index >= 15 is 0 Å². The third kappa shape index (κ3) is 2.95. The number of aliphatic hydroxyl groups excluding tert-OH is 1. The van der Waals surface area contributed by atoms with Crippen LogP contribution in [-0.2, 0) is 6.42 Å². The monoisotopic (exact) mass is 318 g/mol. The first-order chi connectivity index (χ1) is 11.0. The fourth-order valence-corrected chi connectivity index (χ4v) is 3.92. The standard InChI is InChI=1S/C17H22N2O4/c1-2-11-6-7-12(8-15(11)19(22)23)17(21)18-9-13-4-3-5-14(10-18)16(13)20/h6-8,13-14,16,20H,2-5,9-10H2,1H3/t13-,14+,16?. The number of aliphatic hydroxyl groups is 1. The van der Waals surface area contributed by atoms with Crippen LogP contribution in [0.4, 0.5) is 5.69 Å². The lowest BCUT2D eigenvalue weighted by atomic mass is 9.75. The average Bonchev–Trinajstić information content (AvgIpc) is 2.53. The number of nitrogens with zero attached hydrogens (tertiary/aromatic N) is 2. The van der Waals surface area contributed by atoms with E-state index in [2.05, 4.69) is 0 Å². The molecule has 1 heterocycles. The SMILES string of the molecule is CCc1ccc(C(=O)N2C[C@H]3CCC[C@@H](C2)C3O)cc1[N+](=O)[O-]. The Hall–Kier alpha value is -1.95. The summed E-state index contributed by atoms with van der Waals surface area (Å²) in [7, 11) is 0. The van der Waals surface area contributed by atoms with Gasteiger partial charge in [0.2, 0.25) is 0 Å². The van der Waals surface area contributed by atoms with Gasteiger partial charge in [0, 0.05) is 42.1 Å². The van der Waals surface area contributed by atoms with Gasteiger partial charge in [-0.3, -0.25) is 14.9 Å². The zero-order valence-corrected chi connectivity index (χ0v) is 13.3. The molecule has 1 N–H and O–H groups in total. The molecule has 1 unspecified atom stereocenters. The molecule has 6 nitrogen and oxygen atoms in total. The van der Waals surface area contributed by atoms with Crippen molar-refractivity contribution in [2.45, 2.75) is 38.7 Å². The number of nitro benzene ring substituents is 1. The average molecular weight is 318 g/mol. The number of benzene rings is 1. The number of amides is 1. The minimum absolute atomic E-state index is 0.00980. The highest BCUT2D eigenvalue weighted by Crippen LogP contribution is 2.35. The zero-order valence-electron chi connectivity index (χ0n) is 13.3. The van der Waals surface area contributed by atoms with Crippen molar-refractivity contribution < 1.29 is 14.8 Å². The van der Waals surface area contributed by atoms with E-state index in [4.69, 9.17) is 0 Å². The summed E-state index contributed by atoms with van der Waals surface area (Å²) in [5.41, 5.74) is 1.01. The summed E-state index contributed by atoms with van der Waals surface area (Å²) >= 11 is 0. The molecule has 1 saturated carbocycles. The van der Waals surface area contributed by atoms with Gasteiger partial charge in [-0.25, -0.2) is 0 Å².